The van der Waals surface area contributed by atoms with Gasteiger partial charge in [0.15, 0.2) is 5.11 Å². The van der Waals surface area contributed by atoms with E-state index in [1.54, 1.807) is 7.11 Å². The Bertz CT molecular complexity index is 947. The average Bonchev–Trinajstić information content (AvgIpc) is 2.91. The zero-order valence-corrected chi connectivity index (χ0v) is 16.9. The first-order valence-corrected chi connectivity index (χ1v) is 9.18. The second-order valence-electron chi connectivity index (χ2n) is 6.50. The van der Waals surface area contributed by atoms with Gasteiger partial charge in [0.05, 0.1) is 30.7 Å². The zero-order valence-electron chi connectivity index (χ0n) is 16.0. The van der Waals surface area contributed by atoms with Gasteiger partial charge in [0.1, 0.15) is 5.75 Å². The number of thiocarbonyl (C=S) groups is 1. The monoisotopic (exact) mass is 380 g/mol. The third kappa shape index (κ3) is 4.65. The van der Waals surface area contributed by atoms with Crippen molar-refractivity contribution in [2.24, 2.45) is 0 Å². The van der Waals surface area contributed by atoms with Crippen LogP contribution in [0.2, 0.25) is 0 Å². The minimum absolute atomic E-state index is 0.547. The van der Waals surface area contributed by atoms with Crippen LogP contribution in [0.25, 0.3) is 0 Å². The summed E-state index contributed by atoms with van der Waals surface area (Å²) in [6, 6.07) is 16.1. The largest absolute Gasteiger partial charge is 0.497 e. The highest BCUT2D eigenvalue weighted by Gasteiger charge is 2.13. The summed E-state index contributed by atoms with van der Waals surface area (Å²) in [5, 5.41) is 11.7. The van der Waals surface area contributed by atoms with Crippen LogP contribution in [0.5, 0.6) is 5.75 Å². The molecule has 0 aliphatic rings. The second kappa shape index (κ2) is 8.22. The molecule has 0 unspecified atom stereocenters. The van der Waals surface area contributed by atoms with Crippen molar-refractivity contribution in [3.63, 3.8) is 0 Å². The molecule has 1 aromatic heterocycles. The number of aromatic nitrogens is 2. The number of nitrogens with zero attached hydrogens (tertiary/aromatic N) is 2. The van der Waals surface area contributed by atoms with E-state index in [1.165, 1.54) is 5.56 Å². The summed E-state index contributed by atoms with van der Waals surface area (Å²) in [5.74, 6) is 0.843. The number of rotatable bonds is 5. The van der Waals surface area contributed by atoms with Crippen LogP contribution < -0.4 is 15.4 Å². The Morgan fingerprint density at radius 1 is 1.07 bits per heavy atom. The van der Waals surface area contributed by atoms with E-state index in [0.29, 0.717) is 11.7 Å². The molecular formula is C21H24N4OS. The van der Waals surface area contributed by atoms with E-state index in [0.717, 1.165) is 34.1 Å². The molecule has 5 nitrogen and oxygen atoms in total. The van der Waals surface area contributed by atoms with Gasteiger partial charge in [-0.2, -0.15) is 5.10 Å². The Morgan fingerprint density at radius 2 is 1.81 bits per heavy atom. The normalized spacial score (nSPS) is 10.5. The highest BCUT2D eigenvalue weighted by molar-refractivity contribution is 7.80. The number of hydrogen-bond acceptors (Lipinski definition) is 3. The maximum absolute atomic E-state index is 5.47. The molecule has 0 saturated carbocycles. The van der Waals surface area contributed by atoms with Crippen molar-refractivity contribution in [2.45, 2.75) is 27.3 Å². The lowest BCUT2D eigenvalue weighted by molar-refractivity contribution is 0.414. The topological polar surface area (TPSA) is 51.1 Å². The number of nitrogens with one attached hydrogen (secondary N) is 2. The van der Waals surface area contributed by atoms with Gasteiger partial charge in [-0.3, -0.25) is 4.68 Å². The van der Waals surface area contributed by atoms with Crippen LogP contribution >= 0.6 is 12.2 Å². The predicted molar refractivity (Wildman–Crippen MR) is 115 cm³/mol. The summed E-state index contributed by atoms with van der Waals surface area (Å²) in [7, 11) is 1.67. The molecule has 0 aliphatic heterocycles. The quantitative estimate of drug-likeness (QED) is 0.630. The fraction of sp³-hybridized carbons (Fsp3) is 0.238. The molecule has 0 aliphatic carbocycles. The van der Waals surface area contributed by atoms with Crippen LogP contribution in [0, 0.1) is 20.8 Å². The minimum atomic E-state index is 0.547. The molecular weight excluding hydrogens is 356 g/mol. The lowest BCUT2D eigenvalue weighted by Crippen LogP contribution is -2.20. The molecule has 3 aromatic rings. The number of ether oxygens (including phenoxy) is 1. The first-order chi connectivity index (χ1) is 13.0. The van der Waals surface area contributed by atoms with Gasteiger partial charge in [0.25, 0.3) is 0 Å². The van der Waals surface area contributed by atoms with Gasteiger partial charge in [-0.25, -0.2) is 0 Å². The SMILES string of the molecule is COc1cccc(Cn2nc(C)c(NC(=S)Nc3ccc(C)cc3)c2C)c1. The molecule has 0 fully saturated rings. The molecule has 2 aromatic carbocycles. The van der Waals surface area contributed by atoms with Gasteiger partial charge >= 0.3 is 0 Å². The fourth-order valence-electron chi connectivity index (χ4n) is 2.89. The van der Waals surface area contributed by atoms with Gasteiger partial charge in [0.2, 0.25) is 0 Å². The van der Waals surface area contributed by atoms with E-state index in [2.05, 4.69) is 28.7 Å². The van der Waals surface area contributed by atoms with Gasteiger partial charge in [0, 0.05) is 5.69 Å². The molecule has 27 heavy (non-hydrogen) atoms. The lowest BCUT2D eigenvalue weighted by atomic mass is 10.2. The number of methoxy groups -OCH3 is 1. The standard InChI is InChI=1S/C21H24N4OS/c1-14-8-10-18(11-9-14)22-21(27)23-20-15(2)24-25(16(20)3)13-17-6-5-7-19(12-17)26-4/h5-12H,13H2,1-4H3,(H2,22,23,27). The van der Waals surface area contributed by atoms with E-state index in [-0.39, 0.29) is 0 Å². The summed E-state index contributed by atoms with van der Waals surface area (Å²) in [5.41, 5.74) is 6.17. The molecule has 140 valence electrons. The van der Waals surface area contributed by atoms with Gasteiger partial charge in [-0.05, 0) is 62.8 Å². The Balaban J connectivity index is 1.73. The second-order valence-corrected chi connectivity index (χ2v) is 6.91. The fourth-order valence-corrected chi connectivity index (χ4v) is 3.11. The van der Waals surface area contributed by atoms with Gasteiger partial charge in [-0.15, -0.1) is 0 Å². The maximum Gasteiger partial charge on any atom is 0.175 e. The van der Waals surface area contributed by atoms with Crippen molar-refractivity contribution >= 4 is 28.7 Å². The van der Waals surface area contributed by atoms with E-state index < -0.39 is 0 Å². The highest BCUT2D eigenvalue weighted by Crippen LogP contribution is 2.22. The third-order valence-corrected chi connectivity index (χ3v) is 4.60. The maximum atomic E-state index is 5.47. The van der Waals surface area contributed by atoms with Gasteiger partial charge in [-0.1, -0.05) is 29.8 Å². The molecule has 0 radical (unpaired) electrons. The first-order valence-electron chi connectivity index (χ1n) is 8.78. The Hall–Kier alpha value is -2.86. The molecule has 1 heterocycles. The molecule has 0 spiro atoms. The summed E-state index contributed by atoms with van der Waals surface area (Å²) in [6.07, 6.45) is 0. The first kappa shape index (κ1) is 18.9. The number of anilines is 2. The van der Waals surface area contributed by atoms with Crippen molar-refractivity contribution in [1.82, 2.24) is 9.78 Å². The Morgan fingerprint density at radius 3 is 2.52 bits per heavy atom. The van der Waals surface area contributed by atoms with Gasteiger partial charge < -0.3 is 15.4 Å². The van der Waals surface area contributed by atoms with Crippen LogP contribution in [0.15, 0.2) is 48.5 Å². The van der Waals surface area contributed by atoms with E-state index in [4.69, 9.17) is 17.0 Å². The average molecular weight is 381 g/mol. The third-order valence-electron chi connectivity index (χ3n) is 4.40. The zero-order chi connectivity index (χ0) is 19.4. The molecule has 0 saturated heterocycles. The van der Waals surface area contributed by atoms with Crippen molar-refractivity contribution in [3.05, 3.63) is 71.0 Å². The summed E-state index contributed by atoms with van der Waals surface area (Å²) in [6.45, 7) is 6.75. The lowest BCUT2D eigenvalue weighted by Gasteiger charge is -2.11. The van der Waals surface area contributed by atoms with E-state index in [9.17, 15) is 0 Å². The summed E-state index contributed by atoms with van der Waals surface area (Å²) >= 11 is 5.47. The predicted octanol–water partition coefficient (Wildman–Crippen LogP) is 4.67. The van der Waals surface area contributed by atoms with Crippen LogP contribution in [-0.2, 0) is 6.54 Å². The molecule has 2 N–H and O–H groups in total. The highest BCUT2D eigenvalue weighted by atomic mass is 32.1. The minimum Gasteiger partial charge on any atom is -0.497 e. The van der Waals surface area contributed by atoms with Crippen molar-refractivity contribution in [1.29, 1.82) is 0 Å². The van der Waals surface area contributed by atoms with Crippen LogP contribution in [0.1, 0.15) is 22.5 Å². The Kier molecular flexibility index (Phi) is 5.76. The molecule has 3 rings (SSSR count). The number of benzene rings is 2. The molecule has 0 bridgehead atoms. The van der Waals surface area contributed by atoms with Crippen LogP contribution in [0.3, 0.4) is 0 Å². The molecule has 0 amide bonds. The summed E-state index contributed by atoms with van der Waals surface area (Å²) < 4.78 is 7.27. The van der Waals surface area contributed by atoms with E-state index in [1.807, 2.05) is 61.0 Å². The number of hydrogen-bond donors (Lipinski definition) is 2. The van der Waals surface area contributed by atoms with E-state index >= 15 is 0 Å². The summed E-state index contributed by atoms with van der Waals surface area (Å²) in [4.78, 5) is 0. The van der Waals surface area contributed by atoms with Crippen molar-refractivity contribution in [3.8, 4) is 5.75 Å². The van der Waals surface area contributed by atoms with Crippen LogP contribution in [-0.4, -0.2) is 22.0 Å². The number of aryl methyl sites for hydroxylation is 2. The van der Waals surface area contributed by atoms with Crippen LogP contribution in [0.4, 0.5) is 11.4 Å². The van der Waals surface area contributed by atoms with Crippen molar-refractivity contribution < 1.29 is 4.74 Å². The van der Waals surface area contributed by atoms with Crippen molar-refractivity contribution in [2.75, 3.05) is 17.7 Å². The smallest absolute Gasteiger partial charge is 0.175 e. The molecule has 6 heteroatoms. The Labute approximate surface area is 165 Å². The molecule has 0 atom stereocenters.